The van der Waals surface area contributed by atoms with E-state index >= 15 is 0 Å². The third-order valence-corrected chi connectivity index (χ3v) is 3.86. The molecular formula is C11H23N3O. The molecule has 0 saturated carbocycles. The molecule has 2 saturated heterocycles. The molecule has 88 valence electrons. The van der Waals surface area contributed by atoms with Crippen LogP contribution in [0.1, 0.15) is 25.7 Å². The number of rotatable bonds is 3. The summed E-state index contributed by atoms with van der Waals surface area (Å²) in [7, 11) is 2.17. The fourth-order valence-electron chi connectivity index (χ4n) is 2.90. The molecular weight excluding hydrogens is 190 g/mol. The second-order valence-corrected chi connectivity index (χ2v) is 4.91. The molecule has 0 radical (unpaired) electrons. The van der Waals surface area contributed by atoms with E-state index in [-0.39, 0.29) is 0 Å². The first-order valence-corrected chi connectivity index (χ1v) is 6.07. The molecule has 0 spiro atoms. The Kier molecular flexibility index (Phi) is 3.97. The Morgan fingerprint density at radius 1 is 1.27 bits per heavy atom. The van der Waals surface area contributed by atoms with E-state index in [4.69, 9.17) is 10.7 Å². The zero-order valence-corrected chi connectivity index (χ0v) is 9.69. The van der Waals surface area contributed by atoms with Crippen molar-refractivity contribution in [1.29, 1.82) is 0 Å². The molecule has 2 atom stereocenters. The molecule has 2 rings (SSSR count). The summed E-state index contributed by atoms with van der Waals surface area (Å²) in [5, 5.41) is 0. The summed E-state index contributed by atoms with van der Waals surface area (Å²) in [4.78, 5) is 9.80. The first kappa shape index (κ1) is 11.3. The maximum atomic E-state index is 5.15. The highest BCUT2D eigenvalue weighted by molar-refractivity contribution is 4.89. The molecule has 4 nitrogen and oxygen atoms in total. The van der Waals surface area contributed by atoms with Gasteiger partial charge in [-0.2, -0.15) is 0 Å². The molecule has 0 aliphatic carbocycles. The Bertz CT molecular complexity index is 194. The second-order valence-electron chi connectivity index (χ2n) is 4.91. The normalized spacial score (nSPS) is 34.8. The van der Waals surface area contributed by atoms with Crippen molar-refractivity contribution in [2.75, 3.05) is 33.3 Å². The molecule has 2 heterocycles. The van der Waals surface area contributed by atoms with Crippen molar-refractivity contribution in [3.05, 3.63) is 0 Å². The number of nitrogens with two attached hydrogens (primary N) is 1. The summed E-state index contributed by atoms with van der Waals surface area (Å²) in [5.74, 6) is 5.15. The molecule has 0 amide bonds. The van der Waals surface area contributed by atoms with Crippen molar-refractivity contribution in [2.24, 2.45) is 5.90 Å². The first-order chi connectivity index (χ1) is 7.31. The van der Waals surface area contributed by atoms with E-state index in [0.717, 1.165) is 6.04 Å². The van der Waals surface area contributed by atoms with E-state index in [2.05, 4.69) is 16.8 Å². The average molecular weight is 213 g/mol. The maximum Gasteiger partial charge on any atom is 0.0835 e. The first-order valence-electron chi connectivity index (χ1n) is 6.07. The van der Waals surface area contributed by atoms with Crippen molar-refractivity contribution in [3.8, 4) is 0 Å². The molecule has 15 heavy (non-hydrogen) atoms. The lowest BCUT2D eigenvalue weighted by Crippen LogP contribution is -2.40. The highest BCUT2D eigenvalue weighted by atomic mass is 16.6. The maximum absolute atomic E-state index is 5.15. The van der Waals surface area contributed by atoms with Crippen LogP contribution in [0.25, 0.3) is 0 Å². The monoisotopic (exact) mass is 213 g/mol. The van der Waals surface area contributed by atoms with Crippen LogP contribution in [-0.4, -0.2) is 55.2 Å². The van der Waals surface area contributed by atoms with Crippen LogP contribution in [0.2, 0.25) is 0 Å². The molecule has 0 aromatic heterocycles. The highest BCUT2D eigenvalue weighted by Gasteiger charge is 2.33. The van der Waals surface area contributed by atoms with Gasteiger partial charge in [-0.3, -0.25) is 9.80 Å². The van der Waals surface area contributed by atoms with E-state index in [1.54, 1.807) is 0 Å². The van der Waals surface area contributed by atoms with Crippen molar-refractivity contribution in [3.63, 3.8) is 0 Å². The van der Waals surface area contributed by atoms with Gasteiger partial charge in [0, 0.05) is 18.6 Å². The smallest absolute Gasteiger partial charge is 0.0835 e. The third-order valence-electron chi connectivity index (χ3n) is 3.86. The number of hydrogen-bond acceptors (Lipinski definition) is 4. The SMILES string of the molecule is CN1C[C@H](N2CCCCC2)CC1CON. The lowest BCUT2D eigenvalue weighted by molar-refractivity contribution is 0.0868. The number of piperidine rings is 1. The molecule has 2 aliphatic rings. The van der Waals surface area contributed by atoms with Crippen LogP contribution in [0.15, 0.2) is 0 Å². The van der Waals surface area contributed by atoms with Crippen molar-refractivity contribution < 1.29 is 4.84 Å². The van der Waals surface area contributed by atoms with Crippen LogP contribution in [0.4, 0.5) is 0 Å². The van der Waals surface area contributed by atoms with Crippen LogP contribution in [0.3, 0.4) is 0 Å². The summed E-state index contributed by atoms with van der Waals surface area (Å²) in [6.45, 7) is 4.41. The molecule has 0 aromatic rings. The standard InChI is InChI=1S/C11H23N3O/c1-13-8-10(7-11(13)9-15-12)14-5-3-2-4-6-14/h10-11H,2-9,12H2,1H3/t10-,11?/m1/s1. The van der Waals surface area contributed by atoms with Crippen LogP contribution in [-0.2, 0) is 4.84 Å². The average Bonchev–Trinajstić information content (AvgIpc) is 2.63. The molecule has 0 aromatic carbocycles. The largest absolute Gasteiger partial charge is 0.303 e. The minimum absolute atomic E-state index is 0.516. The Labute approximate surface area is 92.3 Å². The van der Waals surface area contributed by atoms with Crippen LogP contribution in [0.5, 0.6) is 0 Å². The zero-order valence-electron chi connectivity index (χ0n) is 9.69. The van der Waals surface area contributed by atoms with Gasteiger partial charge in [-0.1, -0.05) is 6.42 Å². The molecule has 2 aliphatic heterocycles. The summed E-state index contributed by atoms with van der Waals surface area (Å²) in [6.07, 6.45) is 5.37. The molecule has 1 unspecified atom stereocenters. The number of likely N-dealkylation sites (N-methyl/N-ethyl adjacent to an activating group) is 1. The van der Waals surface area contributed by atoms with Gasteiger partial charge in [-0.15, -0.1) is 0 Å². The van der Waals surface area contributed by atoms with E-state index in [1.165, 1.54) is 45.3 Å². The van der Waals surface area contributed by atoms with Gasteiger partial charge in [-0.25, -0.2) is 5.90 Å². The Balaban J connectivity index is 1.84. The quantitative estimate of drug-likeness (QED) is 0.691. The van der Waals surface area contributed by atoms with Crippen molar-refractivity contribution in [2.45, 2.75) is 37.8 Å². The molecule has 4 heteroatoms. The van der Waals surface area contributed by atoms with Crippen LogP contribution >= 0.6 is 0 Å². The van der Waals surface area contributed by atoms with Gasteiger partial charge >= 0.3 is 0 Å². The topological polar surface area (TPSA) is 41.7 Å². The number of nitrogens with zero attached hydrogens (tertiary/aromatic N) is 2. The Hall–Kier alpha value is -0.160. The highest BCUT2D eigenvalue weighted by Crippen LogP contribution is 2.23. The zero-order chi connectivity index (χ0) is 10.7. The number of hydrogen-bond donors (Lipinski definition) is 1. The van der Waals surface area contributed by atoms with Gasteiger partial charge in [0.25, 0.3) is 0 Å². The van der Waals surface area contributed by atoms with E-state index in [9.17, 15) is 0 Å². The second kappa shape index (κ2) is 5.25. The summed E-state index contributed by atoms with van der Waals surface area (Å²) in [5.41, 5.74) is 0. The van der Waals surface area contributed by atoms with E-state index in [1.807, 2.05) is 0 Å². The summed E-state index contributed by atoms with van der Waals surface area (Å²) in [6, 6.07) is 1.25. The predicted molar refractivity (Wildman–Crippen MR) is 60.4 cm³/mol. The van der Waals surface area contributed by atoms with Crippen LogP contribution < -0.4 is 5.90 Å². The van der Waals surface area contributed by atoms with Crippen molar-refractivity contribution in [1.82, 2.24) is 9.80 Å². The third kappa shape index (κ3) is 2.69. The van der Waals surface area contributed by atoms with E-state index in [0.29, 0.717) is 12.6 Å². The summed E-state index contributed by atoms with van der Waals surface area (Å²) < 4.78 is 0. The Morgan fingerprint density at radius 3 is 2.67 bits per heavy atom. The van der Waals surface area contributed by atoms with Gasteiger partial charge in [0.05, 0.1) is 6.61 Å². The van der Waals surface area contributed by atoms with Crippen molar-refractivity contribution >= 4 is 0 Å². The van der Waals surface area contributed by atoms with Gasteiger partial charge in [0.2, 0.25) is 0 Å². The number of likely N-dealkylation sites (tertiary alicyclic amines) is 2. The van der Waals surface area contributed by atoms with E-state index < -0.39 is 0 Å². The molecule has 0 bridgehead atoms. The fraction of sp³-hybridized carbons (Fsp3) is 1.00. The van der Waals surface area contributed by atoms with Gasteiger partial charge in [0.15, 0.2) is 0 Å². The van der Waals surface area contributed by atoms with Gasteiger partial charge < -0.3 is 4.84 Å². The molecule has 2 fully saturated rings. The minimum Gasteiger partial charge on any atom is -0.303 e. The molecule has 2 N–H and O–H groups in total. The minimum atomic E-state index is 0.516. The lowest BCUT2D eigenvalue weighted by Gasteiger charge is -2.31. The van der Waals surface area contributed by atoms with Crippen LogP contribution in [0, 0.1) is 0 Å². The Morgan fingerprint density at radius 2 is 2.00 bits per heavy atom. The predicted octanol–water partition coefficient (Wildman–Crippen LogP) is 0.435. The fourth-order valence-corrected chi connectivity index (χ4v) is 2.90. The lowest BCUT2D eigenvalue weighted by atomic mass is 10.1. The van der Waals surface area contributed by atoms with Gasteiger partial charge in [-0.05, 0) is 39.4 Å². The van der Waals surface area contributed by atoms with Gasteiger partial charge in [0.1, 0.15) is 0 Å². The summed E-state index contributed by atoms with van der Waals surface area (Å²) >= 11 is 0.